The first-order valence-corrected chi connectivity index (χ1v) is 4.94. The third-order valence-corrected chi connectivity index (χ3v) is 2.13. The Morgan fingerprint density at radius 2 is 1.89 bits per heavy atom. The fraction of sp³-hybridized carbons (Fsp3) is 0.273. The minimum Gasteiger partial charge on any atom is -0.733 e. The summed E-state index contributed by atoms with van der Waals surface area (Å²) in [5.41, 5.74) is -1.81. The molecule has 0 radical (unpaired) electrons. The molecule has 100 valence electrons. The summed E-state index contributed by atoms with van der Waals surface area (Å²) in [6.07, 6.45) is -2.12. The van der Waals surface area contributed by atoms with Gasteiger partial charge in [-0.3, -0.25) is 5.21 Å². The molecule has 0 aliphatic heterocycles. The highest BCUT2D eigenvalue weighted by molar-refractivity contribution is 5.70. The molecule has 0 spiro atoms. The first-order valence-electron chi connectivity index (χ1n) is 4.94. The number of anilines is 1. The molecular formula is C11H12F3N2O2-. The van der Waals surface area contributed by atoms with E-state index in [2.05, 4.69) is 0 Å². The molecule has 1 rings (SSSR count). The van der Waals surface area contributed by atoms with Crippen molar-refractivity contribution in [1.29, 1.82) is 0 Å². The van der Waals surface area contributed by atoms with E-state index in [1.165, 1.54) is 11.1 Å². The van der Waals surface area contributed by atoms with Gasteiger partial charge in [0.25, 0.3) is 0 Å². The van der Waals surface area contributed by atoms with Gasteiger partial charge in [-0.1, -0.05) is 6.07 Å². The number of benzene rings is 1. The summed E-state index contributed by atoms with van der Waals surface area (Å²) in [6, 6.07) is 3.02. The topological polar surface area (TPSA) is 49.8 Å². The van der Waals surface area contributed by atoms with Gasteiger partial charge in [0.05, 0.1) is 11.3 Å². The Labute approximate surface area is 102 Å². The number of nitrogens with zero attached hydrogens (tertiary/aromatic N) is 2. The fourth-order valence-corrected chi connectivity index (χ4v) is 1.37. The van der Waals surface area contributed by atoms with Crippen molar-refractivity contribution in [3.8, 4) is 0 Å². The van der Waals surface area contributed by atoms with E-state index in [-0.39, 0.29) is 5.56 Å². The summed E-state index contributed by atoms with van der Waals surface area (Å²) in [5.74, 6) is 0. The summed E-state index contributed by atoms with van der Waals surface area (Å²) in [4.78, 5) is 1.52. The predicted molar refractivity (Wildman–Crippen MR) is 61.8 cm³/mol. The van der Waals surface area contributed by atoms with Crippen LogP contribution in [0.2, 0.25) is 0 Å². The average Bonchev–Trinajstić information content (AvgIpc) is 2.24. The van der Waals surface area contributed by atoms with Crippen molar-refractivity contribution >= 4 is 11.8 Å². The Kier molecular flexibility index (Phi) is 4.20. The molecule has 1 N–H and O–H groups in total. The number of rotatable bonds is 3. The van der Waals surface area contributed by atoms with Gasteiger partial charge < -0.3 is 15.3 Å². The number of alkyl halides is 3. The summed E-state index contributed by atoms with van der Waals surface area (Å²) >= 11 is 0. The highest BCUT2D eigenvalue weighted by Crippen LogP contribution is 2.36. The van der Waals surface area contributed by atoms with Crippen molar-refractivity contribution in [1.82, 2.24) is 4.90 Å². The van der Waals surface area contributed by atoms with E-state index in [0.29, 0.717) is 0 Å². The zero-order chi connectivity index (χ0) is 13.9. The maximum absolute atomic E-state index is 12.8. The van der Waals surface area contributed by atoms with Crippen LogP contribution in [0.25, 0.3) is 6.08 Å². The molecule has 0 bridgehead atoms. The standard InChI is InChI=1S/C11H12F3N2O2/c1-15(2)7-6-8-9(11(12,13)14)4-3-5-10(8)16(17)18/h3-7,17H,1-2H3/q-1/b7-6+. The van der Waals surface area contributed by atoms with Crippen molar-refractivity contribution in [2.75, 3.05) is 19.3 Å². The first kappa shape index (κ1) is 14.3. The second-order valence-electron chi connectivity index (χ2n) is 3.79. The molecule has 0 aliphatic rings. The van der Waals surface area contributed by atoms with Crippen molar-refractivity contribution in [3.63, 3.8) is 0 Å². The molecule has 7 heteroatoms. The van der Waals surface area contributed by atoms with Crippen molar-refractivity contribution in [2.45, 2.75) is 6.18 Å². The van der Waals surface area contributed by atoms with Gasteiger partial charge in [0.1, 0.15) is 0 Å². The van der Waals surface area contributed by atoms with E-state index in [0.717, 1.165) is 24.3 Å². The zero-order valence-electron chi connectivity index (χ0n) is 9.77. The summed E-state index contributed by atoms with van der Waals surface area (Å²) in [5, 5.41) is 19.1. The Bertz CT molecular complexity index is 442. The normalized spacial score (nSPS) is 11.9. The van der Waals surface area contributed by atoms with Crippen LogP contribution < -0.4 is 5.23 Å². The number of hydrogen-bond donors (Lipinski definition) is 1. The van der Waals surface area contributed by atoms with Crippen LogP contribution in [0.4, 0.5) is 18.9 Å². The summed E-state index contributed by atoms with van der Waals surface area (Å²) in [6.45, 7) is 0. The molecule has 0 aromatic heterocycles. The van der Waals surface area contributed by atoms with E-state index in [4.69, 9.17) is 5.21 Å². The van der Waals surface area contributed by atoms with Crippen LogP contribution >= 0.6 is 0 Å². The second-order valence-corrected chi connectivity index (χ2v) is 3.79. The molecule has 0 unspecified atom stereocenters. The average molecular weight is 261 g/mol. The van der Waals surface area contributed by atoms with Crippen LogP contribution in [0.15, 0.2) is 24.4 Å². The van der Waals surface area contributed by atoms with E-state index in [1.54, 1.807) is 14.1 Å². The van der Waals surface area contributed by atoms with Gasteiger partial charge in [0.15, 0.2) is 0 Å². The van der Waals surface area contributed by atoms with Gasteiger partial charge in [0.2, 0.25) is 0 Å². The molecule has 0 saturated carbocycles. The largest absolute Gasteiger partial charge is 0.733 e. The summed E-state index contributed by atoms with van der Waals surface area (Å²) < 4.78 is 38.3. The molecule has 1 aromatic carbocycles. The quantitative estimate of drug-likeness (QED) is 0.850. The van der Waals surface area contributed by atoms with Crippen LogP contribution in [0, 0.1) is 5.21 Å². The van der Waals surface area contributed by atoms with Crippen LogP contribution in [-0.4, -0.2) is 24.2 Å². The first-order chi connectivity index (χ1) is 8.23. The number of hydrogen-bond acceptors (Lipinski definition) is 4. The van der Waals surface area contributed by atoms with Crippen LogP contribution in [0.5, 0.6) is 0 Å². The minimum absolute atomic E-state index is 0.379. The lowest BCUT2D eigenvalue weighted by molar-refractivity contribution is -0.137. The van der Waals surface area contributed by atoms with Crippen LogP contribution in [0.1, 0.15) is 11.1 Å². The molecule has 0 fully saturated rings. The van der Waals surface area contributed by atoms with Gasteiger partial charge >= 0.3 is 6.18 Å². The fourth-order valence-electron chi connectivity index (χ4n) is 1.37. The lowest BCUT2D eigenvalue weighted by atomic mass is 10.0. The predicted octanol–water partition coefficient (Wildman–Crippen LogP) is 2.93. The maximum Gasteiger partial charge on any atom is 0.417 e. The Morgan fingerprint density at radius 1 is 1.28 bits per heavy atom. The van der Waals surface area contributed by atoms with Crippen LogP contribution in [-0.2, 0) is 6.18 Å². The maximum atomic E-state index is 12.8. The molecule has 0 amide bonds. The lowest BCUT2D eigenvalue weighted by Crippen LogP contribution is -2.14. The smallest absolute Gasteiger partial charge is 0.417 e. The summed E-state index contributed by atoms with van der Waals surface area (Å²) in [7, 11) is 3.25. The third-order valence-electron chi connectivity index (χ3n) is 2.13. The van der Waals surface area contributed by atoms with E-state index in [1.807, 2.05) is 0 Å². The SMILES string of the molecule is CN(C)/C=C/c1c(N([O-])O)cccc1C(F)(F)F. The van der Waals surface area contributed by atoms with Crippen molar-refractivity contribution < 1.29 is 18.4 Å². The van der Waals surface area contributed by atoms with E-state index >= 15 is 0 Å². The molecule has 0 saturated heterocycles. The Morgan fingerprint density at radius 3 is 2.33 bits per heavy atom. The van der Waals surface area contributed by atoms with Gasteiger partial charge in [-0.05, 0) is 24.4 Å². The molecule has 18 heavy (non-hydrogen) atoms. The highest BCUT2D eigenvalue weighted by Gasteiger charge is 2.33. The van der Waals surface area contributed by atoms with Gasteiger partial charge in [0, 0.05) is 19.7 Å². The van der Waals surface area contributed by atoms with Crippen molar-refractivity contribution in [2.24, 2.45) is 0 Å². The number of halogens is 3. The van der Waals surface area contributed by atoms with Gasteiger partial charge in [-0.25, -0.2) is 0 Å². The molecule has 4 nitrogen and oxygen atoms in total. The Hall–Kier alpha value is -1.73. The molecule has 1 aromatic rings. The molecule has 0 heterocycles. The molecular weight excluding hydrogens is 249 g/mol. The second kappa shape index (κ2) is 5.28. The highest BCUT2D eigenvalue weighted by atomic mass is 19.4. The van der Waals surface area contributed by atoms with E-state index in [9.17, 15) is 18.4 Å². The van der Waals surface area contributed by atoms with Gasteiger partial charge in [-0.15, -0.1) is 0 Å². The Balaban J connectivity index is 3.40. The molecule has 0 atom stereocenters. The third kappa shape index (κ3) is 3.38. The monoisotopic (exact) mass is 261 g/mol. The zero-order valence-corrected chi connectivity index (χ0v) is 9.77. The minimum atomic E-state index is -4.60. The van der Waals surface area contributed by atoms with Crippen LogP contribution in [0.3, 0.4) is 0 Å². The van der Waals surface area contributed by atoms with Crippen molar-refractivity contribution in [3.05, 3.63) is 40.7 Å². The molecule has 0 aliphatic carbocycles. The van der Waals surface area contributed by atoms with E-state index < -0.39 is 22.7 Å². The lowest BCUT2D eigenvalue weighted by Gasteiger charge is -2.25. The van der Waals surface area contributed by atoms with Gasteiger partial charge in [-0.2, -0.15) is 13.2 Å².